The van der Waals surface area contributed by atoms with Gasteiger partial charge in [0.25, 0.3) is 5.91 Å². The minimum atomic E-state index is -5.08. The molecule has 0 saturated carbocycles. The highest BCUT2D eigenvalue weighted by Gasteiger charge is 2.38. The molecule has 0 unspecified atom stereocenters. The fraction of sp³-hybridized carbons (Fsp3) is 0.355. The Balaban J connectivity index is 0.000000459. The van der Waals surface area contributed by atoms with Gasteiger partial charge >= 0.3 is 24.3 Å². The van der Waals surface area contributed by atoms with Crippen LogP contribution in [0.25, 0.3) is 10.8 Å². The molecule has 1 saturated heterocycles. The van der Waals surface area contributed by atoms with Gasteiger partial charge in [0, 0.05) is 37.4 Å². The first-order valence-corrected chi connectivity index (χ1v) is 14.0. The first-order chi connectivity index (χ1) is 21.8. The average Bonchev–Trinajstić information content (AvgIpc) is 2.98. The maximum absolute atomic E-state index is 13.1. The van der Waals surface area contributed by atoms with Crippen LogP contribution in [-0.4, -0.2) is 95.9 Å². The van der Waals surface area contributed by atoms with E-state index in [2.05, 4.69) is 51.7 Å². The Morgan fingerprint density at radius 3 is 1.91 bits per heavy atom. The highest BCUT2D eigenvalue weighted by molar-refractivity contribution is 5.99. The van der Waals surface area contributed by atoms with Crippen molar-refractivity contribution in [1.82, 2.24) is 15.1 Å². The van der Waals surface area contributed by atoms with E-state index in [1.807, 2.05) is 44.2 Å². The SMILES string of the molecule is Cc1ccc(NC(=O)CN2CCN(C)CC2)cc1C(=O)N[C@H](C)c1cccc2ccccc12.O=C(O)C(F)(F)F.O=C(O)C(F)(F)F. The van der Waals surface area contributed by atoms with Gasteiger partial charge in [0.2, 0.25) is 5.91 Å². The van der Waals surface area contributed by atoms with E-state index in [4.69, 9.17) is 19.8 Å². The van der Waals surface area contributed by atoms with E-state index < -0.39 is 24.3 Å². The zero-order valence-corrected chi connectivity index (χ0v) is 25.6. The molecule has 0 aliphatic carbocycles. The van der Waals surface area contributed by atoms with Gasteiger partial charge in [-0.15, -0.1) is 0 Å². The first-order valence-electron chi connectivity index (χ1n) is 14.0. The summed E-state index contributed by atoms with van der Waals surface area (Å²) in [5.74, 6) is -5.72. The molecule has 1 aliphatic rings. The molecule has 0 spiro atoms. The molecule has 0 bridgehead atoms. The summed E-state index contributed by atoms with van der Waals surface area (Å²) in [6, 6.07) is 19.7. The topological polar surface area (TPSA) is 139 Å². The standard InChI is InChI=1S/C27H32N4O2.2C2HF3O2/c1-19-11-12-22(29-26(32)18-31-15-13-30(3)14-16-31)17-25(19)27(33)28-20(2)23-10-6-8-21-7-4-5-9-24(21)23;2*3-2(4,5)1(6)7/h4-12,17,20H,13-16,18H2,1-3H3,(H,28,33)(H,29,32);2*(H,6,7)/t20-;;/m1../s1. The van der Waals surface area contributed by atoms with E-state index in [0.29, 0.717) is 17.8 Å². The second-order valence-electron chi connectivity index (χ2n) is 10.5. The minimum absolute atomic E-state index is 0.0566. The molecule has 0 aromatic heterocycles. The van der Waals surface area contributed by atoms with Crippen molar-refractivity contribution in [3.63, 3.8) is 0 Å². The number of carboxylic acid groups (broad SMARTS) is 2. The number of piperazine rings is 1. The summed E-state index contributed by atoms with van der Waals surface area (Å²) < 4.78 is 63.5. The van der Waals surface area contributed by atoms with Crippen LogP contribution in [0.2, 0.25) is 0 Å². The molecule has 1 fully saturated rings. The molecule has 10 nitrogen and oxygen atoms in total. The Labute approximate surface area is 265 Å². The monoisotopic (exact) mass is 672 g/mol. The number of amides is 2. The normalized spacial score (nSPS) is 14.5. The van der Waals surface area contributed by atoms with Crippen molar-refractivity contribution in [3.05, 3.63) is 77.4 Å². The van der Waals surface area contributed by atoms with Crippen molar-refractivity contribution in [2.24, 2.45) is 0 Å². The van der Waals surface area contributed by atoms with Crippen LogP contribution >= 0.6 is 0 Å². The number of alkyl halides is 6. The van der Waals surface area contributed by atoms with Crippen LogP contribution < -0.4 is 10.6 Å². The lowest BCUT2D eigenvalue weighted by atomic mass is 9.99. The Hall–Kier alpha value is -4.70. The Morgan fingerprint density at radius 1 is 0.830 bits per heavy atom. The van der Waals surface area contributed by atoms with Crippen LogP contribution in [0.4, 0.5) is 32.0 Å². The minimum Gasteiger partial charge on any atom is -0.475 e. The molecular weight excluding hydrogens is 638 g/mol. The quantitative estimate of drug-likeness (QED) is 0.266. The number of nitrogens with one attached hydrogen (secondary N) is 2. The number of carbonyl (C=O) groups is 4. The summed E-state index contributed by atoms with van der Waals surface area (Å²) in [6.07, 6.45) is -10.2. The van der Waals surface area contributed by atoms with Gasteiger partial charge in [-0.3, -0.25) is 14.5 Å². The Bertz CT molecular complexity index is 1530. The summed E-state index contributed by atoms with van der Waals surface area (Å²) in [5.41, 5.74) is 3.16. The smallest absolute Gasteiger partial charge is 0.475 e. The number of carboxylic acids is 2. The van der Waals surface area contributed by atoms with E-state index >= 15 is 0 Å². The molecule has 1 aliphatic heterocycles. The highest BCUT2D eigenvalue weighted by atomic mass is 19.4. The van der Waals surface area contributed by atoms with Crippen LogP contribution in [0, 0.1) is 6.92 Å². The Morgan fingerprint density at radius 2 is 1.36 bits per heavy atom. The van der Waals surface area contributed by atoms with Gasteiger partial charge in [0.1, 0.15) is 0 Å². The van der Waals surface area contributed by atoms with Crippen molar-refractivity contribution in [2.45, 2.75) is 32.2 Å². The number of benzene rings is 3. The number of anilines is 1. The molecule has 4 N–H and O–H groups in total. The predicted octanol–water partition coefficient (Wildman–Crippen LogP) is 5.09. The van der Waals surface area contributed by atoms with Crippen molar-refractivity contribution in [3.8, 4) is 0 Å². The maximum atomic E-state index is 13.1. The third-order valence-corrected chi connectivity index (χ3v) is 6.85. The van der Waals surface area contributed by atoms with Crippen molar-refractivity contribution in [2.75, 3.05) is 45.1 Å². The number of nitrogens with zero attached hydrogens (tertiary/aromatic N) is 2. The van der Waals surface area contributed by atoms with Gasteiger partial charge in [-0.2, -0.15) is 26.3 Å². The third kappa shape index (κ3) is 12.5. The zero-order chi connectivity index (χ0) is 35.5. The maximum Gasteiger partial charge on any atom is 0.490 e. The fourth-order valence-corrected chi connectivity index (χ4v) is 4.33. The van der Waals surface area contributed by atoms with Crippen LogP contribution in [0.1, 0.15) is 34.5 Å². The van der Waals surface area contributed by atoms with Gasteiger partial charge in [0.05, 0.1) is 12.6 Å². The van der Waals surface area contributed by atoms with Crippen LogP contribution in [-0.2, 0) is 14.4 Å². The summed E-state index contributed by atoms with van der Waals surface area (Å²) in [7, 11) is 2.09. The molecular formula is C31H34F6N4O6. The molecule has 4 rings (SSSR count). The number of hydrogen-bond donors (Lipinski definition) is 4. The lowest BCUT2D eigenvalue weighted by Gasteiger charge is -2.31. The summed E-state index contributed by atoms with van der Waals surface area (Å²) >= 11 is 0. The number of aryl methyl sites for hydroxylation is 1. The van der Waals surface area contributed by atoms with Gasteiger partial charge in [-0.05, 0) is 54.9 Å². The molecule has 16 heteroatoms. The number of aliphatic carboxylic acids is 2. The van der Waals surface area contributed by atoms with Crippen molar-refractivity contribution >= 4 is 40.2 Å². The number of carbonyl (C=O) groups excluding carboxylic acids is 2. The molecule has 1 atom stereocenters. The number of hydrogen-bond acceptors (Lipinski definition) is 6. The Kier molecular flexibility index (Phi) is 13.7. The van der Waals surface area contributed by atoms with Gasteiger partial charge < -0.3 is 25.7 Å². The third-order valence-electron chi connectivity index (χ3n) is 6.85. The van der Waals surface area contributed by atoms with Crippen LogP contribution in [0.3, 0.4) is 0 Å². The van der Waals surface area contributed by atoms with Gasteiger partial charge in [0.15, 0.2) is 0 Å². The molecule has 47 heavy (non-hydrogen) atoms. The van der Waals surface area contributed by atoms with Gasteiger partial charge in [-0.1, -0.05) is 48.5 Å². The van der Waals surface area contributed by atoms with E-state index in [0.717, 1.165) is 48.1 Å². The average molecular weight is 673 g/mol. The molecule has 2 amide bonds. The number of fused-ring (bicyclic) bond motifs is 1. The lowest BCUT2D eigenvalue weighted by Crippen LogP contribution is -2.47. The van der Waals surface area contributed by atoms with E-state index in [1.165, 1.54) is 0 Å². The highest BCUT2D eigenvalue weighted by Crippen LogP contribution is 2.25. The summed E-state index contributed by atoms with van der Waals surface area (Å²) in [6.45, 7) is 7.98. The van der Waals surface area contributed by atoms with Gasteiger partial charge in [-0.25, -0.2) is 9.59 Å². The second-order valence-corrected chi connectivity index (χ2v) is 10.5. The molecule has 3 aromatic rings. The fourth-order valence-electron chi connectivity index (χ4n) is 4.33. The number of likely N-dealkylation sites (N-methyl/N-ethyl adjacent to an activating group) is 1. The van der Waals surface area contributed by atoms with E-state index in [1.54, 1.807) is 6.07 Å². The van der Waals surface area contributed by atoms with E-state index in [-0.39, 0.29) is 17.9 Å². The summed E-state index contributed by atoms with van der Waals surface area (Å²) in [5, 5.41) is 22.6. The van der Waals surface area contributed by atoms with E-state index in [9.17, 15) is 35.9 Å². The van der Waals surface area contributed by atoms with Crippen LogP contribution in [0.5, 0.6) is 0 Å². The molecule has 0 radical (unpaired) electrons. The number of halogens is 6. The largest absolute Gasteiger partial charge is 0.490 e. The zero-order valence-electron chi connectivity index (χ0n) is 25.6. The predicted molar refractivity (Wildman–Crippen MR) is 161 cm³/mol. The second kappa shape index (κ2) is 16.7. The molecule has 3 aromatic carbocycles. The summed E-state index contributed by atoms with van der Waals surface area (Å²) in [4.78, 5) is 47.9. The molecule has 1 heterocycles. The number of rotatable bonds is 6. The van der Waals surface area contributed by atoms with Crippen molar-refractivity contribution in [1.29, 1.82) is 0 Å². The van der Waals surface area contributed by atoms with Crippen LogP contribution in [0.15, 0.2) is 60.7 Å². The first kappa shape index (κ1) is 38.5. The van der Waals surface area contributed by atoms with Crippen molar-refractivity contribution < 1.29 is 55.7 Å². The molecule has 256 valence electrons. The lowest BCUT2D eigenvalue weighted by molar-refractivity contribution is -0.193.